The summed E-state index contributed by atoms with van der Waals surface area (Å²) in [5.41, 5.74) is 0. The van der Waals surface area contributed by atoms with E-state index in [0.29, 0.717) is 6.04 Å². The molecule has 0 aromatic heterocycles. The molecule has 0 bridgehead atoms. The summed E-state index contributed by atoms with van der Waals surface area (Å²) < 4.78 is 22.2. The van der Waals surface area contributed by atoms with Crippen molar-refractivity contribution >= 4 is 13.7 Å². The van der Waals surface area contributed by atoms with Gasteiger partial charge >= 0.3 is 0 Å². The van der Waals surface area contributed by atoms with Crippen molar-refractivity contribution in [1.82, 2.24) is 4.90 Å². The van der Waals surface area contributed by atoms with Crippen LogP contribution in [0.3, 0.4) is 0 Å². The van der Waals surface area contributed by atoms with Crippen molar-refractivity contribution in [2.45, 2.75) is 59.8 Å². The molecule has 0 saturated heterocycles. The summed E-state index contributed by atoms with van der Waals surface area (Å²) in [6.45, 7) is 12.1. The quantitative estimate of drug-likeness (QED) is 0.584. The van der Waals surface area contributed by atoms with Gasteiger partial charge in [-0.2, -0.15) is 0 Å². The zero-order valence-electron chi connectivity index (χ0n) is 13.9. The second kappa shape index (κ2) is 8.13. The molecule has 0 N–H and O–H groups in total. The van der Waals surface area contributed by atoms with E-state index < -0.39 is 7.82 Å². The van der Waals surface area contributed by atoms with E-state index in [0.717, 1.165) is 0 Å². The van der Waals surface area contributed by atoms with Gasteiger partial charge in [0.15, 0.2) is 0 Å². The van der Waals surface area contributed by atoms with Crippen molar-refractivity contribution in [1.29, 1.82) is 0 Å². The van der Waals surface area contributed by atoms with Crippen LogP contribution in [-0.2, 0) is 13.6 Å². The first-order valence-electron chi connectivity index (χ1n) is 6.91. The van der Waals surface area contributed by atoms with E-state index in [9.17, 15) is 9.46 Å². The van der Waals surface area contributed by atoms with E-state index >= 15 is 0 Å². The molecule has 1 heterocycles. The van der Waals surface area contributed by atoms with E-state index in [4.69, 9.17) is 0 Å². The second-order valence-electron chi connectivity index (χ2n) is 5.64. The van der Waals surface area contributed by atoms with Gasteiger partial charge in [-0.1, -0.05) is 0 Å². The van der Waals surface area contributed by atoms with Gasteiger partial charge in [-0.15, -0.1) is 0 Å². The second-order valence-corrected chi connectivity index (χ2v) is 6.96. The average Bonchev–Trinajstić information content (AvgIpc) is 2.42. The highest BCUT2D eigenvalue weighted by Gasteiger charge is 2.26. The highest BCUT2D eigenvalue weighted by molar-refractivity contribution is 7.45. The van der Waals surface area contributed by atoms with Crippen LogP contribution in [0.2, 0.25) is 0 Å². The summed E-state index contributed by atoms with van der Waals surface area (Å²) in [4.78, 5) is 13.1. The van der Waals surface area contributed by atoms with Crippen molar-refractivity contribution in [2.24, 2.45) is 0 Å². The van der Waals surface area contributed by atoms with Crippen LogP contribution in [-0.4, -0.2) is 54.2 Å². The lowest BCUT2D eigenvalue weighted by atomic mass is 10.3. The molecule has 1 rings (SSSR count). The maximum atomic E-state index is 10.8. The van der Waals surface area contributed by atoms with Crippen molar-refractivity contribution in [2.75, 3.05) is 20.6 Å². The summed E-state index contributed by atoms with van der Waals surface area (Å²) in [6.07, 6.45) is -0.728. The minimum Gasteiger partial charge on any atom is -0.756 e. The lowest BCUT2D eigenvalue weighted by molar-refractivity contribution is -0.523. The normalized spacial score (nSPS) is 19.8. The van der Waals surface area contributed by atoms with Crippen LogP contribution in [0, 0.1) is 0 Å². The Balaban J connectivity index is 0.000000367. The Morgan fingerprint density at radius 1 is 1.30 bits per heavy atom. The Bertz CT molecular complexity index is 353. The fourth-order valence-corrected chi connectivity index (χ4v) is 2.86. The number of hydrogen-bond acceptors (Lipinski definition) is 5. The minimum absolute atomic E-state index is 0.364. The summed E-state index contributed by atoms with van der Waals surface area (Å²) >= 11 is 0. The number of hydrogen-bond donors (Lipinski definition) is 0. The fourth-order valence-electron chi connectivity index (χ4n) is 1.78. The van der Waals surface area contributed by atoms with E-state index in [2.05, 4.69) is 46.5 Å². The van der Waals surface area contributed by atoms with Crippen molar-refractivity contribution in [3.63, 3.8) is 0 Å². The smallest absolute Gasteiger partial charge is 0.268 e. The summed E-state index contributed by atoms with van der Waals surface area (Å²) in [5, 5.41) is 0. The van der Waals surface area contributed by atoms with Gasteiger partial charge < -0.3 is 13.9 Å². The van der Waals surface area contributed by atoms with Gasteiger partial charge in [0.2, 0.25) is 5.84 Å². The van der Waals surface area contributed by atoms with Gasteiger partial charge in [0.25, 0.3) is 7.82 Å². The summed E-state index contributed by atoms with van der Waals surface area (Å²) in [5.74, 6) is 1.38. The minimum atomic E-state index is -4.05. The standard InChI is InChI=1S/C7H15N2.C6H15O4P/c1-6-5-8(3)7(2)9(6)4;1-5(2)9-11(7,8)10-6(3)4/h6H,5H2,1-4H3;5-6H,1-4H3,(H,7,8)/q+1;/p-1. The number of amidine groups is 1. The van der Waals surface area contributed by atoms with Crippen molar-refractivity contribution in [3.05, 3.63) is 0 Å². The van der Waals surface area contributed by atoms with Crippen LogP contribution in [0.1, 0.15) is 41.5 Å². The number of nitrogens with zero attached hydrogens (tertiary/aromatic N) is 2. The lowest BCUT2D eigenvalue weighted by Gasteiger charge is -2.26. The molecular weight excluding hydrogens is 279 g/mol. The third-order valence-electron chi connectivity index (χ3n) is 2.94. The molecule has 1 unspecified atom stereocenters. The Morgan fingerprint density at radius 2 is 1.70 bits per heavy atom. The zero-order valence-corrected chi connectivity index (χ0v) is 14.8. The number of phosphoric ester groups is 1. The van der Waals surface area contributed by atoms with Crippen molar-refractivity contribution in [3.8, 4) is 0 Å². The number of phosphoric acid groups is 1. The van der Waals surface area contributed by atoms with Crippen LogP contribution >= 0.6 is 7.82 Å². The van der Waals surface area contributed by atoms with Crippen LogP contribution in [0.4, 0.5) is 0 Å². The maximum Gasteiger partial charge on any atom is 0.268 e. The topological polar surface area (TPSA) is 64.8 Å². The Labute approximate surface area is 123 Å². The molecule has 20 heavy (non-hydrogen) atoms. The van der Waals surface area contributed by atoms with Crippen LogP contribution in [0.15, 0.2) is 0 Å². The molecule has 1 atom stereocenters. The Morgan fingerprint density at radius 3 is 1.85 bits per heavy atom. The first kappa shape index (κ1) is 19.6. The van der Waals surface area contributed by atoms with Crippen LogP contribution in [0.25, 0.3) is 0 Å². The number of rotatable bonds is 4. The molecular formula is C13H29N2O4P. The summed E-state index contributed by atoms with van der Waals surface area (Å²) in [7, 11) is 0.222. The monoisotopic (exact) mass is 308 g/mol. The Kier molecular flexibility index (Phi) is 7.96. The predicted molar refractivity (Wildman–Crippen MR) is 79.0 cm³/mol. The SMILES string of the molecule is CC(C)OP(=O)([O-])OC(C)C.CC1=[N+](C)C(C)CN1C. The Hall–Kier alpha value is -0.420. The van der Waals surface area contributed by atoms with Gasteiger partial charge in [-0.25, -0.2) is 0 Å². The molecule has 0 fully saturated rings. The number of likely N-dealkylation sites (N-methyl/N-ethyl adjacent to an activating group) is 2. The van der Waals surface area contributed by atoms with E-state index in [-0.39, 0.29) is 12.2 Å². The molecule has 0 spiro atoms. The first-order valence-corrected chi connectivity index (χ1v) is 8.37. The van der Waals surface area contributed by atoms with Gasteiger partial charge in [-0.3, -0.25) is 14.0 Å². The van der Waals surface area contributed by atoms with E-state index in [1.807, 2.05) is 0 Å². The summed E-state index contributed by atoms with van der Waals surface area (Å²) in [6, 6.07) is 0.690. The first-order chi connectivity index (χ1) is 8.96. The molecule has 1 aliphatic heterocycles. The van der Waals surface area contributed by atoms with E-state index in [1.165, 1.54) is 12.4 Å². The molecule has 7 heteroatoms. The van der Waals surface area contributed by atoms with Crippen LogP contribution < -0.4 is 4.89 Å². The maximum absolute atomic E-state index is 10.8. The molecule has 1 aliphatic rings. The van der Waals surface area contributed by atoms with Crippen molar-refractivity contribution < 1.29 is 23.1 Å². The van der Waals surface area contributed by atoms with Gasteiger partial charge in [0.1, 0.15) is 12.6 Å². The molecule has 0 saturated carbocycles. The largest absolute Gasteiger partial charge is 0.756 e. The predicted octanol–water partition coefficient (Wildman–Crippen LogP) is 1.69. The molecule has 0 amide bonds. The highest BCUT2D eigenvalue weighted by atomic mass is 31.2. The fraction of sp³-hybridized carbons (Fsp3) is 0.923. The van der Waals surface area contributed by atoms with Gasteiger partial charge in [0, 0.05) is 6.92 Å². The zero-order chi connectivity index (χ0) is 16.1. The molecule has 0 aromatic carbocycles. The average molecular weight is 308 g/mol. The van der Waals surface area contributed by atoms with Gasteiger partial charge in [-0.05, 0) is 34.6 Å². The third kappa shape index (κ3) is 7.39. The molecule has 120 valence electrons. The van der Waals surface area contributed by atoms with Crippen LogP contribution in [0.5, 0.6) is 0 Å². The van der Waals surface area contributed by atoms with Gasteiger partial charge in [0.05, 0.1) is 26.3 Å². The molecule has 6 nitrogen and oxygen atoms in total. The lowest BCUT2D eigenvalue weighted by Crippen LogP contribution is -2.21. The molecule has 0 radical (unpaired) electrons. The molecule has 0 aromatic rings. The molecule has 0 aliphatic carbocycles. The third-order valence-corrected chi connectivity index (χ3v) is 4.30. The highest BCUT2D eigenvalue weighted by Crippen LogP contribution is 2.40. The van der Waals surface area contributed by atoms with E-state index in [1.54, 1.807) is 27.7 Å².